The quantitative estimate of drug-likeness (QED) is 0.843. The monoisotopic (exact) mass is 299 g/mol. The summed E-state index contributed by atoms with van der Waals surface area (Å²) in [7, 11) is 0. The van der Waals surface area contributed by atoms with Crippen LogP contribution in [0.25, 0.3) is 10.9 Å². The minimum absolute atomic E-state index is 0.791. The van der Waals surface area contributed by atoms with Crippen molar-refractivity contribution in [3.63, 3.8) is 0 Å². The fourth-order valence-electron chi connectivity index (χ4n) is 3.32. The summed E-state index contributed by atoms with van der Waals surface area (Å²) in [6, 6.07) is 6.44. The van der Waals surface area contributed by atoms with Crippen molar-refractivity contribution >= 4 is 22.4 Å². The summed E-state index contributed by atoms with van der Waals surface area (Å²) in [6.07, 6.45) is 3.78. The zero-order valence-corrected chi connectivity index (χ0v) is 12.7. The number of nitrogens with zero attached hydrogens (tertiary/aromatic N) is 5. The number of hydrogen-bond acceptors (Lipinski definition) is 6. The van der Waals surface area contributed by atoms with Crippen LogP contribution in [0.5, 0.6) is 0 Å². The van der Waals surface area contributed by atoms with E-state index in [1.54, 1.807) is 0 Å². The standard InChI is InChI=1S/C16H21N5O/c1-2-6-21(7-3-1)16-14-5-4-13(12-15(14)17-19-18-16)20-8-10-22-11-9-20/h4-5,12H,1-3,6-11H2. The van der Waals surface area contributed by atoms with Crippen LogP contribution in [0.1, 0.15) is 19.3 Å². The van der Waals surface area contributed by atoms with Gasteiger partial charge in [-0.15, -0.1) is 10.2 Å². The highest BCUT2D eigenvalue weighted by Crippen LogP contribution is 2.28. The molecular weight excluding hydrogens is 278 g/mol. The zero-order valence-electron chi connectivity index (χ0n) is 12.7. The number of anilines is 2. The molecule has 2 saturated heterocycles. The number of hydrogen-bond donors (Lipinski definition) is 0. The molecule has 2 fully saturated rings. The summed E-state index contributed by atoms with van der Waals surface area (Å²) in [4.78, 5) is 4.68. The maximum Gasteiger partial charge on any atom is 0.162 e. The fraction of sp³-hybridized carbons (Fsp3) is 0.562. The van der Waals surface area contributed by atoms with E-state index in [4.69, 9.17) is 4.74 Å². The Labute approximate surface area is 130 Å². The van der Waals surface area contributed by atoms with Gasteiger partial charge in [0.05, 0.1) is 13.2 Å². The van der Waals surface area contributed by atoms with E-state index in [9.17, 15) is 0 Å². The number of aromatic nitrogens is 3. The maximum absolute atomic E-state index is 5.42. The first-order chi connectivity index (χ1) is 10.9. The summed E-state index contributed by atoms with van der Waals surface area (Å²) in [5.41, 5.74) is 2.13. The first kappa shape index (κ1) is 13.7. The molecule has 0 N–H and O–H groups in total. The Morgan fingerprint density at radius 1 is 0.864 bits per heavy atom. The zero-order chi connectivity index (χ0) is 14.8. The van der Waals surface area contributed by atoms with Crippen molar-refractivity contribution < 1.29 is 4.74 Å². The Bertz CT molecular complexity index is 650. The molecule has 22 heavy (non-hydrogen) atoms. The molecule has 116 valence electrons. The van der Waals surface area contributed by atoms with Crippen molar-refractivity contribution in [1.29, 1.82) is 0 Å². The highest BCUT2D eigenvalue weighted by atomic mass is 16.5. The van der Waals surface area contributed by atoms with Gasteiger partial charge < -0.3 is 14.5 Å². The molecule has 2 aromatic rings. The molecule has 0 spiro atoms. The highest BCUT2D eigenvalue weighted by molar-refractivity contribution is 5.91. The molecule has 0 bridgehead atoms. The lowest BCUT2D eigenvalue weighted by Gasteiger charge is -2.30. The van der Waals surface area contributed by atoms with E-state index in [-0.39, 0.29) is 0 Å². The number of morpholine rings is 1. The van der Waals surface area contributed by atoms with Gasteiger partial charge in [0.1, 0.15) is 5.52 Å². The van der Waals surface area contributed by atoms with Crippen molar-refractivity contribution in [3.8, 4) is 0 Å². The van der Waals surface area contributed by atoms with Crippen LogP contribution in [0, 0.1) is 0 Å². The maximum atomic E-state index is 5.42. The summed E-state index contributed by atoms with van der Waals surface area (Å²) in [6.45, 7) is 5.59. The van der Waals surface area contributed by atoms with E-state index < -0.39 is 0 Å². The van der Waals surface area contributed by atoms with Gasteiger partial charge in [0.15, 0.2) is 5.82 Å². The van der Waals surface area contributed by atoms with Gasteiger partial charge in [-0.1, -0.05) is 0 Å². The van der Waals surface area contributed by atoms with Crippen molar-refractivity contribution in [2.45, 2.75) is 19.3 Å². The summed E-state index contributed by atoms with van der Waals surface area (Å²) < 4.78 is 5.42. The van der Waals surface area contributed by atoms with Gasteiger partial charge in [-0.3, -0.25) is 0 Å². The SMILES string of the molecule is c1cc2c(N3CCCCC3)nnnc2cc1N1CCOCC1. The first-order valence-electron chi connectivity index (χ1n) is 8.12. The second kappa shape index (κ2) is 6.04. The van der Waals surface area contributed by atoms with E-state index in [2.05, 4.69) is 43.4 Å². The van der Waals surface area contributed by atoms with E-state index in [0.29, 0.717) is 0 Å². The number of piperidine rings is 1. The number of fused-ring (bicyclic) bond motifs is 1. The van der Waals surface area contributed by atoms with Crippen molar-refractivity contribution in [1.82, 2.24) is 15.4 Å². The van der Waals surface area contributed by atoms with Crippen LogP contribution in [-0.2, 0) is 4.74 Å². The molecule has 0 atom stereocenters. The number of benzene rings is 1. The van der Waals surface area contributed by atoms with Crippen LogP contribution < -0.4 is 9.80 Å². The Hall–Kier alpha value is -1.95. The molecule has 0 aliphatic carbocycles. The van der Waals surface area contributed by atoms with Gasteiger partial charge in [-0.05, 0) is 42.7 Å². The Morgan fingerprint density at radius 3 is 2.50 bits per heavy atom. The Kier molecular flexibility index (Phi) is 3.76. The molecule has 3 heterocycles. The van der Waals surface area contributed by atoms with Crippen LogP contribution in [0.15, 0.2) is 18.2 Å². The lowest BCUT2D eigenvalue weighted by Crippen LogP contribution is -2.36. The van der Waals surface area contributed by atoms with Gasteiger partial charge in [-0.25, -0.2) is 0 Å². The van der Waals surface area contributed by atoms with E-state index >= 15 is 0 Å². The lowest BCUT2D eigenvalue weighted by molar-refractivity contribution is 0.122. The molecule has 0 saturated carbocycles. The van der Waals surface area contributed by atoms with Crippen LogP contribution in [0.2, 0.25) is 0 Å². The minimum atomic E-state index is 0.791. The average Bonchev–Trinajstić information content (AvgIpc) is 2.62. The fourth-order valence-corrected chi connectivity index (χ4v) is 3.32. The van der Waals surface area contributed by atoms with Crippen LogP contribution >= 0.6 is 0 Å². The highest BCUT2D eigenvalue weighted by Gasteiger charge is 2.17. The normalized spacial score (nSPS) is 19.6. The minimum Gasteiger partial charge on any atom is -0.378 e. The molecule has 1 aromatic carbocycles. The molecular formula is C16H21N5O. The third-order valence-electron chi connectivity index (χ3n) is 4.55. The number of ether oxygens (including phenoxy) is 1. The second-order valence-electron chi connectivity index (χ2n) is 5.96. The smallest absolute Gasteiger partial charge is 0.162 e. The third kappa shape index (κ3) is 2.59. The first-order valence-corrected chi connectivity index (χ1v) is 8.12. The Morgan fingerprint density at radius 2 is 1.68 bits per heavy atom. The van der Waals surface area contributed by atoms with Crippen molar-refractivity contribution in [3.05, 3.63) is 18.2 Å². The number of rotatable bonds is 2. The topological polar surface area (TPSA) is 54.4 Å². The van der Waals surface area contributed by atoms with Gasteiger partial charge in [-0.2, -0.15) is 0 Å². The average molecular weight is 299 g/mol. The largest absolute Gasteiger partial charge is 0.378 e. The molecule has 2 aliphatic heterocycles. The van der Waals surface area contributed by atoms with Crippen molar-refractivity contribution in [2.24, 2.45) is 0 Å². The predicted molar refractivity (Wildman–Crippen MR) is 86.4 cm³/mol. The van der Waals surface area contributed by atoms with Gasteiger partial charge in [0.25, 0.3) is 0 Å². The third-order valence-corrected chi connectivity index (χ3v) is 4.55. The van der Waals surface area contributed by atoms with Crippen molar-refractivity contribution in [2.75, 3.05) is 49.2 Å². The Balaban J connectivity index is 1.68. The molecule has 6 heteroatoms. The van der Waals surface area contributed by atoms with E-state index in [0.717, 1.165) is 56.1 Å². The molecule has 6 nitrogen and oxygen atoms in total. The molecule has 2 aliphatic rings. The second-order valence-corrected chi connectivity index (χ2v) is 5.96. The van der Waals surface area contributed by atoms with Gasteiger partial charge >= 0.3 is 0 Å². The lowest BCUT2D eigenvalue weighted by atomic mass is 10.1. The summed E-state index contributed by atoms with van der Waals surface area (Å²) in [5.74, 6) is 0.984. The molecule has 1 aromatic heterocycles. The molecule has 0 amide bonds. The summed E-state index contributed by atoms with van der Waals surface area (Å²) >= 11 is 0. The molecule has 4 rings (SSSR count). The molecule has 0 unspecified atom stereocenters. The van der Waals surface area contributed by atoms with Gasteiger partial charge in [0, 0.05) is 37.3 Å². The van der Waals surface area contributed by atoms with Gasteiger partial charge in [0.2, 0.25) is 0 Å². The van der Waals surface area contributed by atoms with E-state index in [1.165, 1.54) is 24.9 Å². The van der Waals surface area contributed by atoms with Crippen LogP contribution in [0.3, 0.4) is 0 Å². The predicted octanol–water partition coefficient (Wildman–Crippen LogP) is 1.85. The molecule has 0 radical (unpaired) electrons. The van der Waals surface area contributed by atoms with E-state index in [1.807, 2.05) is 0 Å². The van der Waals surface area contributed by atoms with Crippen LogP contribution in [0.4, 0.5) is 11.5 Å². The van der Waals surface area contributed by atoms with Crippen LogP contribution in [-0.4, -0.2) is 54.8 Å². The summed E-state index contributed by atoms with van der Waals surface area (Å²) in [5, 5.41) is 13.6.